The van der Waals surface area contributed by atoms with Gasteiger partial charge in [-0.3, -0.25) is 9.48 Å². The lowest BCUT2D eigenvalue weighted by Crippen LogP contribution is -1.96. The first-order valence-electron chi connectivity index (χ1n) is 7.02. The molecule has 1 heterocycles. The average Bonchev–Trinajstić information content (AvgIpc) is 2.89. The Labute approximate surface area is 135 Å². The number of carbonyl (C=O) groups excluding carboxylic acids is 1. The van der Waals surface area contributed by atoms with Crippen molar-refractivity contribution in [2.45, 2.75) is 6.92 Å². The Morgan fingerprint density at radius 3 is 2.17 bits per heavy atom. The SMILES string of the molecule is COc1cc(C=CC(=O)c2cn(C)nc2C)cc(OC)c1OC. The minimum Gasteiger partial charge on any atom is -0.493 e. The molecule has 6 heteroatoms. The number of methoxy groups -OCH3 is 3. The Morgan fingerprint density at radius 2 is 1.74 bits per heavy atom. The molecule has 0 fully saturated rings. The summed E-state index contributed by atoms with van der Waals surface area (Å²) in [4.78, 5) is 12.3. The maximum atomic E-state index is 12.3. The molecule has 0 atom stereocenters. The van der Waals surface area contributed by atoms with E-state index in [-0.39, 0.29) is 5.78 Å². The monoisotopic (exact) mass is 316 g/mol. The van der Waals surface area contributed by atoms with Gasteiger partial charge in [-0.25, -0.2) is 0 Å². The number of hydrogen-bond donors (Lipinski definition) is 0. The molecule has 2 rings (SSSR count). The quantitative estimate of drug-likeness (QED) is 0.605. The van der Waals surface area contributed by atoms with Gasteiger partial charge in [-0.15, -0.1) is 0 Å². The zero-order valence-corrected chi connectivity index (χ0v) is 13.9. The number of benzene rings is 1. The summed E-state index contributed by atoms with van der Waals surface area (Å²) in [7, 11) is 6.43. The fraction of sp³-hybridized carbons (Fsp3) is 0.294. The standard InChI is InChI=1S/C17H20N2O4/c1-11-13(10-19(2)18-11)14(20)7-6-12-8-15(21-3)17(23-5)16(9-12)22-4/h6-10H,1-5H3. The molecule has 0 aliphatic carbocycles. The Balaban J connectivity index is 2.32. The molecule has 0 aliphatic heterocycles. The molecule has 2 aromatic rings. The predicted molar refractivity (Wildman–Crippen MR) is 87.4 cm³/mol. The number of hydrogen-bond acceptors (Lipinski definition) is 5. The van der Waals surface area contributed by atoms with Crippen molar-refractivity contribution in [3.8, 4) is 17.2 Å². The van der Waals surface area contributed by atoms with Crippen LogP contribution in [0.2, 0.25) is 0 Å². The van der Waals surface area contributed by atoms with Gasteiger partial charge in [-0.1, -0.05) is 6.08 Å². The molecular weight excluding hydrogens is 296 g/mol. The van der Waals surface area contributed by atoms with Crippen molar-refractivity contribution < 1.29 is 19.0 Å². The molecule has 0 saturated carbocycles. The number of nitrogens with zero attached hydrogens (tertiary/aromatic N) is 2. The van der Waals surface area contributed by atoms with Crippen LogP contribution in [0.15, 0.2) is 24.4 Å². The number of allylic oxidation sites excluding steroid dienone is 1. The van der Waals surface area contributed by atoms with E-state index in [1.54, 1.807) is 64.4 Å². The van der Waals surface area contributed by atoms with Crippen molar-refractivity contribution in [1.29, 1.82) is 0 Å². The van der Waals surface area contributed by atoms with Crippen LogP contribution < -0.4 is 14.2 Å². The maximum Gasteiger partial charge on any atom is 0.203 e. The van der Waals surface area contributed by atoms with Crippen molar-refractivity contribution in [3.05, 3.63) is 41.2 Å². The molecule has 0 spiro atoms. The van der Waals surface area contributed by atoms with Gasteiger partial charge in [0.2, 0.25) is 5.75 Å². The van der Waals surface area contributed by atoms with Gasteiger partial charge in [0, 0.05) is 13.2 Å². The van der Waals surface area contributed by atoms with Crippen molar-refractivity contribution in [3.63, 3.8) is 0 Å². The van der Waals surface area contributed by atoms with Gasteiger partial charge in [-0.05, 0) is 30.7 Å². The Morgan fingerprint density at radius 1 is 1.13 bits per heavy atom. The first kappa shape index (κ1) is 16.6. The highest BCUT2D eigenvalue weighted by Crippen LogP contribution is 2.38. The van der Waals surface area contributed by atoms with Gasteiger partial charge in [0.25, 0.3) is 0 Å². The van der Waals surface area contributed by atoms with E-state index in [1.165, 1.54) is 6.08 Å². The Hall–Kier alpha value is -2.76. The van der Waals surface area contributed by atoms with Crippen molar-refractivity contribution in [1.82, 2.24) is 9.78 Å². The summed E-state index contributed by atoms with van der Waals surface area (Å²) < 4.78 is 17.5. The molecule has 0 N–H and O–H groups in total. The third kappa shape index (κ3) is 3.53. The average molecular weight is 316 g/mol. The van der Waals surface area contributed by atoms with E-state index in [0.29, 0.717) is 28.5 Å². The zero-order valence-electron chi connectivity index (χ0n) is 13.9. The van der Waals surface area contributed by atoms with E-state index in [0.717, 1.165) is 5.56 Å². The fourth-order valence-electron chi connectivity index (χ4n) is 2.30. The van der Waals surface area contributed by atoms with Crippen molar-refractivity contribution >= 4 is 11.9 Å². The van der Waals surface area contributed by atoms with Crippen molar-refractivity contribution in [2.24, 2.45) is 7.05 Å². The topological polar surface area (TPSA) is 62.6 Å². The third-order valence-electron chi connectivity index (χ3n) is 3.39. The lowest BCUT2D eigenvalue weighted by Gasteiger charge is -2.12. The number of carbonyl (C=O) groups is 1. The van der Waals surface area contributed by atoms with Gasteiger partial charge in [0.1, 0.15) is 0 Å². The van der Waals surface area contributed by atoms with Gasteiger partial charge in [0.05, 0.1) is 32.6 Å². The highest BCUT2D eigenvalue weighted by Gasteiger charge is 2.13. The lowest BCUT2D eigenvalue weighted by atomic mass is 10.1. The van der Waals surface area contributed by atoms with Crippen LogP contribution in [0, 0.1) is 6.92 Å². The summed E-state index contributed by atoms with van der Waals surface area (Å²) in [6, 6.07) is 3.56. The summed E-state index contributed by atoms with van der Waals surface area (Å²) in [5.41, 5.74) is 2.05. The van der Waals surface area contributed by atoms with Gasteiger partial charge < -0.3 is 14.2 Å². The van der Waals surface area contributed by atoms with E-state index in [9.17, 15) is 4.79 Å². The van der Waals surface area contributed by atoms with Crippen molar-refractivity contribution in [2.75, 3.05) is 21.3 Å². The normalized spacial score (nSPS) is 10.8. The fourth-order valence-corrected chi connectivity index (χ4v) is 2.30. The second-order valence-electron chi connectivity index (χ2n) is 4.96. The second-order valence-corrected chi connectivity index (χ2v) is 4.96. The predicted octanol–water partition coefficient (Wildman–Crippen LogP) is 2.65. The summed E-state index contributed by atoms with van der Waals surface area (Å²) in [5, 5.41) is 4.17. The van der Waals surface area contributed by atoms with Gasteiger partial charge in [-0.2, -0.15) is 5.10 Å². The number of ketones is 1. The minimum absolute atomic E-state index is 0.107. The molecular formula is C17H20N2O4. The first-order chi connectivity index (χ1) is 11.0. The summed E-state index contributed by atoms with van der Waals surface area (Å²) in [6.45, 7) is 1.81. The second kappa shape index (κ2) is 7.00. The number of ether oxygens (including phenoxy) is 3. The number of aromatic nitrogens is 2. The largest absolute Gasteiger partial charge is 0.493 e. The van der Waals surface area contributed by atoms with Crippen LogP contribution in [0.1, 0.15) is 21.6 Å². The van der Waals surface area contributed by atoms with Crippen LogP contribution >= 0.6 is 0 Å². The van der Waals surface area contributed by atoms with Crippen LogP contribution in [-0.2, 0) is 7.05 Å². The molecule has 0 radical (unpaired) electrons. The third-order valence-corrected chi connectivity index (χ3v) is 3.39. The smallest absolute Gasteiger partial charge is 0.203 e. The molecule has 1 aromatic heterocycles. The Bertz CT molecular complexity index is 722. The zero-order chi connectivity index (χ0) is 17.0. The van der Waals surface area contributed by atoms with Gasteiger partial charge in [0.15, 0.2) is 17.3 Å². The van der Waals surface area contributed by atoms with Crippen LogP contribution in [-0.4, -0.2) is 36.9 Å². The van der Waals surface area contributed by atoms with E-state index in [2.05, 4.69) is 5.10 Å². The van der Waals surface area contributed by atoms with Crippen LogP contribution in [0.5, 0.6) is 17.2 Å². The van der Waals surface area contributed by atoms with E-state index < -0.39 is 0 Å². The van der Waals surface area contributed by atoms with Gasteiger partial charge >= 0.3 is 0 Å². The molecule has 0 saturated heterocycles. The first-order valence-corrected chi connectivity index (χ1v) is 7.02. The summed E-state index contributed by atoms with van der Waals surface area (Å²) in [6.07, 6.45) is 4.92. The van der Waals surface area contributed by atoms with Crippen LogP contribution in [0.25, 0.3) is 6.08 Å². The maximum absolute atomic E-state index is 12.3. The highest BCUT2D eigenvalue weighted by atomic mass is 16.5. The van der Waals surface area contributed by atoms with Crippen LogP contribution in [0.4, 0.5) is 0 Å². The van der Waals surface area contributed by atoms with Crippen LogP contribution in [0.3, 0.4) is 0 Å². The molecule has 1 aromatic carbocycles. The molecule has 0 aliphatic rings. The summed E-state index contributed by atoms with van der Waals surface area (Å²) >= 11 is 0. The molecule has 23 heavy (non-hydrogen) atoms. The van der Waals surface area contributed by atoms with E-state index in [4.69, 9.17) is 14.2 Å². The molecule has 6 nitrogen and oxygen atoms in total. The molecule has 0 amide bonds. The molecule has 0 bridgehead atoms. The lowest BCUT2D eigenvalue weighted by molar-refractivity contribution is 0.104. The minimum atomic E-state index is -0.107. The number of rotatable bonds is 6. The summed E-state index contributed by atoms with van der Waals surface area (Å²) in [5.74, 6) is 1.49. The molecule has 122 valence electrons. The highest BCUT2D eigenvalue weighted by molar-refractivity contribution is 6.07. The molecule has 0 unspecified atom stereocenters. The van der Waals surface area contributed by atoms with E-state index >= 15 is 0 Å². The number of aryl methyl sites for hydroxylation is 2. The van der Waals surface area contributed by atoms with E-state index in [1.807, 2.05) is 0 Å². The Kier molecular flexibility index (Phi) is 5.05.